The van der Waals surface area contributed by atoms with Gasteiger partial charge >= 0.3 is 0 Å². The molecule has 6 aromatic rings. The molecular weight excluding hydrogens is 528 g/mol. The van der Waals surface area contributed by atoms with E-state index in [4.69, 9.17) is 9.97 Å². The van der Waals surface area contributed by atoms with Crippen molar-refractivity contribution in [3.05, 3.63) is 101 Å². The van der Waals surface area contributed by atoms with Crippen LogP contribution in [0.2, 0.25) is 0 Å². The smallest absolute Gasteiger partial charge is 0.270 e. The number of rotatable bonds is 8. The zero-order valence-electron chi connectivity index (χ0n) is 22.9. The lowest BCUT2D eigenvalue weighted by Crippen LogP contribution is -2.31. The first-order chi connectivity index (χ1) is 20.2. The molecule has 2 aromatic carbocycles. The Morgan fingerprint density at radius 2 is 1.63 bits per heavy atom. The Balaban J connectivity index is 1.28. The van der Waals surface area contributed by atoms with Crippen molar-refractivity contribution in [3.8, 4) is 21.1 Å². The van der Waals surface area contributed by atoms with Crippen molar-refractivity contribution in [1.29, 1.82) is 0 Å². The van der Waals surface area contributed by atoms with E-state index < -0.39 is 0 Å². The van der Waals surface area contributed by atoms with Crippen molar-refractivity contribution in [3.63, 3.8) is 0 Å². The highest BCUT2D eigenvalue weighted by Crippen LogP contribution is 2.36. The number of thiophene rings is 1. The van der Waals surface area contributed by atoms with E-state index in [9.17, 15) is 4.79 Å². The molecule has 0 unspecified atom stereocenters. The van der Waals surface area contributed by atoms with Gasteiger partial charge < -0.3 is 14.5 Å². The molecule has 41 heavy (non-hydrogen) atoms. The average molecular weight is 561 g/mol. The van der Waals surface area contributed by atoms with Crippen molar-refractivity contribution in [2.45, 2.75) is 38.6 Å². The van der Waals surface area contributed by atoms with Crippen molar-refractivity contribution in [1.82, 2.24) is 29.4 Å². The maximum absolute atomic E-state index is 12.9. The molecule has 0 saturated carbocycles. The molecule has 7 rings (SSSR count). The number of likely N-dealkylation sites (tertiary alicyclic amines) is 1. The highest BCUT2D eigenvalue weighted by atomic mass is 32.1. The van der Waals surface area contributed by atoms with Gasteiger partial charge in [-0.3, -0.25) is 9.78 Å². The summed E-state index contributed by atoms with van der Waals surface area (Å²) in [5.74, 6) is 0.964. The van der Waals surface area contributed by atoms with E-state index in [0.29, 0.717) is 17.6 Å². The van der Waals surface area contributed by atoms with Crippen LogP contribution < -0.4 is 5.56 Å². The Morgan fingerprint density at radius 3 is 2.46 bits per heavy atom. The summed E-state index contributed by atoms with van der Waals surface area (Å²) < 4.78 is 2.35. The molecule has 1 fully saturated rings. The summed E-state index contributed by atoms with van der Waals surface area (Å²) in [6, 6.07) is 22.5. The number of nitrogens with one attached hydrogen (secondary N) is 1. The lowest BCUT2D eigenvalue weighted by Gasteiger charge is -2.26. The molecule has 1 aliphatic rings. The molecule has 0 aliphatic carbocycles. The third-order valence-corrected chi connectivity index (χ3v) is 9.07. The van der Waals surface area contributed by atoms with Crippen molar-refractivity contribution in [2.24, 2.45) is 0 Å². The predicted octanol–water partition coefficient (Wildman–Crippen LogP) is 6.53. The number of imidazole rings is 1. The van der Waals surface area contributed by atoms with Crippen molar-refractivity contribution in [2.75, 3.05) is 19.6 Å². The number of piperidine rings is 1. The molecule has 8 heteroatoms. The third kappa shape index (κ3) is 5.45. The summed E-state index contributed by atoms with van der Waals surface area (Å²) >= 11 is 1.75. The first kappa shape index (κ1) is 25.8. The topological polar surface area (TPSA) is 79.7 Å². The molecule has 206 valence electrons. The molecule has 1 saturated heterocycles. The predicted molar refractivity (Wildman–Crippen MR) is 166 cm³/mol. The standard InChI is InChI=1S/C33H32N6OS/c40-33-28(20-23-8-3-1-4-9-23)35-26-22-29-27(21-25(26)37-33)36-32(39(29)19-7-18-38-16-5-2-6-17-38)31-11-10-30(41-31)24-12-14-34-15-13-24/h1,3-4,8-15,21-22H,2,5-7,16-20H2,(H,37,40). The average Bonchev–Trinajstić information content (AvgIpc) is 3.63. The van der Waals surface area contributed by atoms with Crippen LogP contribution in [0, 0.1) is 0 Å². The zero-order valence-corrected chi connectivity index (χ0v) is 23.7. The fourth-order valence-electron chi connectivity index (χ4n) is 5.83. The van der Waals surface area contributed by atoms with Gasteiger partial charge in [0.25, 0.3) is 5.56 Å². The van der Waals surface area contributed by atoms with Crippen LogP contribution in [0.25, 0.3) is 43.2 Å². The number of pyridine rings is 1. The molecule has 5 heterocycles. The van der Waals surface area contributed by atoms with Gasteiger partial charge in [0.1, 0.15) is 5.69 Å². The minimum absolute atomic E-state index is 0.151. The first-order valence-corrected chi connectivity index (χ1v) is 15.2. The highest BCUT2D eigenvalue weighted by molar-refractivity contribution is 7.18. The zero-order chi connectivity index (χ0) is 27.6. The Labute approximate surface area is 242 Å². The van der Waals surface area contributed by atoms with Crippen LogP contribution in [0.1, 0.15) is 36.9 Å². The van der Waals surface area contributed by atoms with Gasteiger partial charge in [0.05, 0.1) is 26.9 Å². The second-order valence-electron chi connectivity index (χ2n) is 10.8. The minimum Gasteiger partial charge on any atom is -0.323 e. The van der Waals surface area contributed by atoms with Crippen LogP contribution in [0.5, 0.6) is 0 Å². The number of nitrogens with zero attached hydrogens (tertiary/aromatic N) is 5. The lowest BCUT2D eigenvalue weighted by molar-refractivity contribution is 0.223. The number of hydrogen-bond acceptors (Lipinski definition) is 6. The Kier molecular flexibility index (Phi) is 7.17. The van der Waals surface area contributed by atoms with E-state index in [1.54, 1.807) is 11.3 Å². The van der Waals surface area contributed by atoms with Crippen molar-refractivity contribution < 1.29 is 0 Å². The van der Waals surface area contributed by atoms with Gasteiger partial charge in [0.2, 0.25) is 0 Å². The summed E-state index contributed by atoms with van der Waals surface area (Å²) in [5, 5.41) is 0. The monoisotopic (exact) mass is 560 g/mol. The number of aromatic nitrogens is 5. The van der Waals surface area contributed by atoms with Gasteiger partial charge in [-0.2, -0.15) is 0 Å². The SMILES string of the molecule is O=c1[nH]c2cc3nc(-c4ccc(-c5ccncc5)s4)n(CCCN4CCCCC4)c3cc2nc1Cc1ccccc1. The van der Waals surface area contributed by atoms with E-state index >= 15 is 0 Å². The second kappa shape index (κ2) is 11.4. The number of benzene rings is 2. The Hall–Kier alpha value is -4.14. The lowest BCUT2D eigenvalue weighted by atomic mass is 10.1. The van der Waals surface area contributed by atoms with Crippen LogP contribution in [-0.4, -0.2) is 49.0 Å². The molecule has 0 radical (unpaired) electrons. The molecule has 0 spiro atoms. The molecule has 1 aliphatic heterocycles. The van der Waals surface area contributed by atoms with E-state index in [0.717, 1.165) is 57.9 Å². The van der Waals surface area contributed by atoms with Crippen molar-refractivity contribution >= 4 is 33.4 Å². The van der Waals surface area contributed by atoms with E-state index in [2.05, 4.69) is 37.6 Å². The summed E-state index contributed by atoms with van der Waals surface area (Å²) in [6.45, 7) is 4.36. The minimum atomic E-state index is -0.151. The Morgan fingerprint density at radius 1 is 0.829 bits per heavy atom. The third-order valence-electron chi connectivity index (χ3n) is 7.94. The van der Waals surface area contributed by atoms with Crippen LogP contribution >= 0.6 is 11.3 Å². The number of H-pyrrole nitrogens is 1. The molecular formula is C33H32N6OS. The van der Waals surface area contributed by atoms with E-state index in [1.165, 1.54) is 37.2 Å². The van der Waals surface area contributed by atoms with Gasteiger partial charge in [-0.25, -0.2) is 9.97 Å². The Bertz CT molecular complexity index is 1850. The van der Waals surface area contributed by atoms with Gasteiger partial charge in [-0.1, -0.05) is 36.8 Å². The quantitative estimate of drug-likeness (QED) is 0.229. The fraction of sp³-hybridized carbons (Fsp3) is 0.273. The van der Waals surface area contributed by atoms with E-state index in [-0.39, 0.29) is 5.56 Å². The van der Waals surface area contributed by atoms with E-state index in [1.807, 2.05) is 60.9 Å². The second-order valence-corrected chi connectivity index (χ2v) is 11.9. The normalized spacial score (nSPS) is 14.2. The molecule has 0 bridgehead atoms. The van der Waals surface area contributed by atoms with Crippen LogP contribution in [0.15, 0.2) is 83.9 Å². The maximum atomic E-state index is 12.9. The summed E-state index contributed by atoms with van der Waals surface area (Å²) in [6.07, 6.45) is 9.15. The van der Waals surface area contributed by atoms with Crippen LogP contribution in [0.3, 0.4) is 0 Å². The van der Waals surface area contributed by atoms with Crippen LogP contribution in [0.4, 0.5) is 0 Å². The number of fused-ring (bicyclic) bond motifs is 2. The molecule has 0 atom stereocenters. The number of aromatic amines is 1. The molecule has 4 aromatic heterocycles. The summed E-state index contributed by atoms with van der Waals surface area (Å²) in [7, 11) is 0. The van der Waals surface area contributed by atoms with Gasteiger partial charge in [0, 0.05) is 30.2 Å². The highest BCUT2D eigenvalue weighted by Gasteiger charge is 2.18. The number of aryl methyl sites for hydroxylation is 1. The summed E-state index contributed by atoms with van der Waals surface area (Å²) in [4.78, 5) is 35.1. The first-order valence-electron chi connectivity index (χ1n) is 14.4. The molecule has 1 N–H and O–H groups in total. The van der Waals surface area contributed by atoms with Crippen LogP contribution in [-0.2, 0) is 13.0 Å². The molecule has 7 nitrogen and oxygen atoms in total. The number of hydrogen-bond donors (Lipinski definition) is 1. The van der Waals surface area contributed by atoms with Gasteiger partial charge in [-0.05, 0) is 86.4 Å². The fourth-order valence-corrected chi connectivity index (χ4v) is 6.84. The van der Waals surface area contributed by atoms with Gasteiger partial charge in [-0.15, -0.1) is 11.3 Å². The van der Waals surface area contributed by atoms with Gasteiger partial charge in [0.15, 0.2) is 5.82 Å². The largest absolute Gasteiger partial charge is 0.323 e. The molecule has 0 amide bonds. The maximum Gasteiger partial charge on any atom is 0.270 e. The summed E-state index contributed by atoms with van der Waals surface area (Å²) in [5.41, 5.74) is 6.03.